The van der Waals surface area contributed by atoms with Crippen LogP contribution in [0.1, 0.15) is 68.7 Å². The van der Waals surface area contributed by atoms with Crippen molar-refractivity contribution in [2.75, 3.05) is 0 Å². The summed E-state index contributed by atoms with van der Waals surface area (Å²) < 4.78 is 0. The molecule has 2 aromatic rings. The molecule has 4 rings (SSSR count). The first-order chi connectivity index (χ1) is 11.7. The monoisotopic (exact) mass is 321 g/mol. The highest BCUT2D eigenvalue weighted by Crippen LogP contribution is 2.52. The number of aromatic nitrogens is 2. The molecule has 2 unspecified atom stereocenters. The molecule has 1 aromatic heterocycles. The van der Waals surface area contributed by atoms with Crippen molar-refractivity contribution in [1.29, 1.82) is 0 Å². The van der Waals surface area contributed by atoms with Gasteiger partial charge in [0.2, 0.25) is 0 Å². The molecule has 1 aliphatic heterocycles. The number of hydrogen-bond donors (Lipinski definition) is 1. The van der Waals surface area contributed by atoms with Crippen LogP contribution in [0.25, 0.3) is 0 Å². The van der Waals surface area contributed by atoms with E-state index < -0.39 is 0 Å². The Morgan fingerprint density at radius 1 is 1.17 bits per heavy atom. The van der Waals surface area contributed by atoms with Gasteiger partial charge in [-0.1, -0.05) is 57.0 Å². The van der Waals surface area contributed by atoms with Gasteiger partial charge in [0, 0.05) is 28.8 Å². The highest BCUT2D eigenvalue weighted by molar-refractivity contribution is 5.93. The lowest BCUT2D eigenvalue weighted by atomic mass is 9.61. The number of aliphatic imine (C=N–C) groups is 1. The molecule has 1 saturated carbocycles. The molecular weight excluding hydrogens is 294 g/mol. The molecule has 24 heavy (non-hydrogen) atoms. The van der Waals surface area contributed by atoms with Crippen LogP contribution in [0, 0.1) is 18.3 Å². The zero-order valence-electron chi connectivity index (χ0n) is 15.0. The maximum atomic E-state index is 5.03. The van der Waals surface area contributed by atoms with Gasteiger partial charge in [0.1, 0.15) is 0 Å². The average Bonchev–Trinajstić information content (AvgIpc) is 3.00. The van der Waals surface area contributed by atoms with Gasteiger partial charge in [-0.3, -0.25) is 5.10 Å². The predicted molar refractivity (Wildman–Crippen MR) is 99.1 cm³/mol. The zero-order valence-corrected chi connectivity index (χ0v) is 15.0. The second-order valence-electron chi connectivity index (χ2n) is 7.61. The fourth-order valence-electron chi connectivity index (χ4n) is 4.85. The van der Waals surface area contributed by atoms with E-state index >= 15 is 0 Å². The Kier molecular flexibility index (Phi) is 3.82. The Bertz CT molecular complexity index is 753. The molecule has 1 aliphatic carbocycles. The zero-order chi connectivity index (χ0) is 16.7. The van der Waals surface area contributed by atoms with Crippen LogP contribution in [0.2, 0.25) is 0 Å². The predicted octanol–water partition coefficient (Wildman–Crippen LogP) is 5.54. The summed E-state index contributed by atoms with van der Waals surface area (Å²) in [5.74, 6) is 1.86. The molecule has 0 bridgehead atoms. The van der Waals surface area contributed by atoms with Gasteiger partial charge in [-0.25, -0.2) is 4.99 Å². The van der Waals surface area contributed by atoms with E-state index in [1.54, 1.807) is 0 Å². The minimum atomic E-state index is 0.402. The Balaban J connectivity index is 1.82. The summed E-state index contributed by atoms with van der Waals surface area (Å²) in [6.45, 7) is 6.81. The van der Waals surface area contributed by atoms with Crippen LogP contribution in [0.15, 0.2) is 35.3 Å². The number of aryl methyl sites for hydroxylation is 1. The molecule has 126 valence electrons. The SMILES string of the molecule is CCC1(CC)CCC2C(=Nc3n[nH]c(C)c3C2c2ccccc2)C1. The van der Waals surface area contributed by atoms with Gasteiger partial charge in [0.25, 0.3) is 0 Å². The van der Waals surface area contributed by atoms with E-state index in [-0.39, 0.29) is 0 Å². The van der Waals surface area contributed by atoms with E-state index in [1.807, 2.05) is 0 Å². The van der Waals surface area contributed by atoms with Gasteiger partial charge in [0.15, 0.2) is 5.82 Å². The molecule has 1 aromatic carbocycles. The molecule has 1 fully saturated rings. The summed E-state index contributed by atoms with van der Waals surface area (Å²) in [5.41, 5.74) is 5.72. The van der Waals surface area contributed by atoms with E-state index in [1.165, 1.54) is 48.2 Å². The lowest BCUT2D eigenvalue weighted by Gasteiger charge is -2.44. The van der Waals surface area contributed by atoms with Crippen molar-refractivity contribution in [2.24, 2.45) is 16.3 Å². The van der Waals surface area contributed by atoms with Crippen molar-refractivity contribution in [3.63, 3.8) is 0 Å². The van der Waals surface area contributed by atoms with Gasteiger partial charge in [0.05, 0.1) is 0 Å². The number of H-pyrrole nitrogens is 1. The summed E-state index contributed by atoms with van der Waals surface area (Å²) in [7, 11) is 0. The van der Waals surface area contributed by atoms with E-state index in [2.05, 4.69) is 61.3 Å². The van der Waals surface area contributed by atoms with Crippen molar-refractivity contribution in [3.8, 4) is 0 Å². The Labute approximate surface area is 144 Å². The Morgan fingerprint density at radius 3 is 2.62 bits per heavy atom. The molecule has 3 heteroatoms. The van der Waals surface area contributed by atoms with E-state index in [9.17, 15) is 0 Å². The van der Waals surface area contributed by atoms with Crippen LogP contribution in [-0.4, -0.2) is 15.9 Å². The summed E-state index contributed by atoms with van der Waals surface area (Å²) in [4.78, 5) is 5.03. The van der Waals surface area contributed by atoms with Gasteiger partial charge in [-0.05, 0) is 37.2 Å². The number of aromatic amines is 1. The van der Waals surface area contributed by atoms with Gasteiger partial charge >= 0.3 is 0 Å². The number of hydrogen-bond acceptors (Lipinski definition) is 2. The minimum Gasteiger partial charge on any atom is -0.280 e. The Morgan fingerprint density at radius 2 is 1.92 bits per heavy atom. The standard InChI is InChI=1S/C21H27N3/c1-4-21(5-2)12-11-16-17(13-21)22-20-18(14(3)23-24-20)19(16)15-9-7-6-8-10-15/h6-10,16,19H,4-5,11-13H2,1-3H3,(H,23,24). The largest absolute Gasteiger partial charge is 0.280 e. The van der Waals surface area contributed by atoms with E-state index in [0.29, 0.717) is 17.3 Å². The second-order valence-corrected chi connectivity index (χ2v) is 7.61. The molecule has 3 nitrogen and oxygen atoms in total. The number of nitrogens with one attached hydrogen (secondary N) is 1. The third-order valence-corrected chi connectivity index (χ3v) is 6.57. The van der Waals surface area contributed by atoms with Crippen molar-refractivity contribution in [1.82, 2.24) is 10.2 Å². The molecule has 0 radical (unpaired) electrons. The molecule has 0 amide bonds. The molecule has 2 aliphatic rings. The van der Waals surface area contributed by atoms with Crippen molar-refractivity contribution in [2.45, 2.75) is 58.8 Å². The fraction of sp³-hybridized carbons (Fsp3) is 0.524. The minimum absolute atomic E-state index is 0.402. The fourth-order valence-corrected chi connectivity index (χ4v) is 4.85. The molecule has 1 N–H and O–H groups in total. The Hall–Kier alpha value is -1.90. The number of rotatable bonds is 3. The quantitative estimate of drug-likeness (QED) is 0.792. The first-order valence-corrected chi connectivity index (χ1v) is 9.34. The van der Waals surface area contributed by atoms with Crippen LogP contribution < -0.4 is 0 Å². The highest BCUT2D eigenvalue weighted by Gasteiger charge is 2.43. The van der Waals surface area contributed by atoms with Crippen LogP contribution in [-0.2, 0) is 0 Å². The second kappa shape index (κ2) is 5.87. The van der Waals surface area contributed by atoms with Crippen LogP contribution in [0.4, 0.5) is 5.82 Å². The molecular formula is C21H27N3. The van der Waals surface area contributed by atoms with Gasteiger partial charge < -0.3 is 0 Å². The first kappa shape index (κ1) is 15.6. The van der Waals surface area contributed by atoms with Gasteiger partial charge in [-0.2, -0.15) is 5.10 Å². The molecule has 0 saturated heterocycles. The first-order valence-electron chi connectivity index (χ1n) is 9.34. The number of nitrogens with zero attached hydrogens (tertiary/aromatic N) is 2. The lowest BCUT2D eigenvalue weighted by molar-refractivity contribution is 0.206. The summed E-state index contributed by atoms with van der Waals surface area (Å²) in [6, 6.07) is 10.9. The molecule has 2 heterocycles. The third-order valence-electron chi connectivity index (χ3n) is 6.57. The number of benzene rings is 1. The maximum Gasteiger partial charge on any atom is 0.177 e. The smallest absolute Gasteiger partial charge is 0.177 e. The molecule has 0 spiro atoms. The topological polar surface area (TPSA) is 41.0 Å². The van der Waals surface area contributed by atoms with E-state index in [0.717, 1.165) is 12.2 Å². The average molecular weight is 321 g/mol. The lowest BCUT2D eigenvalue weighted by Crippen LogP contribution is -2.38. The molecule has 2 atom stereocenters. The summed E-state index contributed by atoms with van der Waals surface area (Å²) in [6.07, 6.45) is 6.19. The number of fused-ring (bicyclic) bond motifs is 2. The van der Waals surface area contributed by atoms with Crippen LogP contribution in [0.3, 0.4) is 0 Å². The normalized spacial score (nSPS) is 24.9. The van der Waals surface area contributed by atoms with E-state index in [4.69, 9.17) is 4.99 Å². The summed E-state index contributed by atoms with van der Waals surface area (Å²) in [5, 5.41) is 7.69. The maximum absolute atomic E-state index is 5.03. The third kappa shape index (κ3) is 2.33. The van der Waals surface area contributed by atoms with Crippen LogP contribution in [0.5, 0.6) is 0 Å². The highest BCUT2D eigenvalue weighted by atomic mass is 15.2. The van der Waals surface area contributed by atoms with Crippen molar-refractivity contribution >= 4 is 11.5 Å². The van der Waals surface area contributed by atoms with Crippen LogP contribution >= 0.6 is 0 Å². The van der Waals surface area contributed by atoms with Crippen molar-refractivity contribution in [3.05, 3.63) is 47.2 Å². The summed E-state index contributed by atoms with van der Waals surface area (Å²) >= 11 is 0. The van der Waals surface area contributed by atoms with Crippen molar-refractivity contribution < 1.29 is 0 Å². The van der Waals surface area contributed by atoms with Gasteiger partial charge in [-0.15, -0.1) is 0 Å².